The quantitative estimate of drug-likeness (QED) is 0.884. The van der Waals surface area contributed by atoms with Gasteiger partial charge < -0.3 is 10.2 Å². The Balaban J connectivity index is 2.48. The molecular weight excluding hydrogens is 240 g/mol. The van der Waals surface area contributed by atoms with Gasteiger partial charge in [-0.15, -0.1) is 0 Å². The Bertz CT molecular complexity index is 547. The minimum Gasteiger partial charge on any atom is -0.481 e. The maximum atomic E-state index is 11.6. The molecule has 0 heterocycles. The predicted octanol–water partition coefficient (Wildman–Crippen LogP) is 2.76. The minimum absolute atomic E-state index is 0.587. The molecule has 0 unspecified atom stereocenters. The molecule has 3 heteroatoms. The Morgan fingerprint density at radius 1 is 1.00 bits per heavy atom. The van der Waals surface area contributed by atoms with Crippen LogP contribution < -0.4 is 0 Å². The molecule has 2 rings (SSSR count). The van der Waals surface area contributed by atoms with E-state index < -0.39 is 17.5 Å². The number of hydrogen-bond donors (Lipinski definition) is 2. The molecule has 0 saturated heterocycles. The lowest BCUT2D eigenvalue weighted by Crippen LogP contribution is -2.35. The minimum atomic E-state index is -1.46. The summed E-state index contributed by atoms with van der Waals surface area (Å²) < 4.78 is 0. The number of benzene rings is 2. The van der Waals surface area contributed by atoms with Crippen molar-refractivity contribution in [3.05, 3.63) is 71.8 Å². The van der Waals surface area contributed by atoms with Crippen LogP contribution in [0.3, 0.4) is 0 Å². The molecule has 0 saturated carbocycles. The van der Waals surface area contributed by atoms with Crippen molar-refractivity contribution in [2.75, 3.05) is 0 Å². The third-order valence-corrected chi connectivity index (χ3v) is 3.30. The van der Waals surface area contributed by atoms with Crippen molar-refractivity contribution in [1.29, 1.82) is 0 Å². The highest BCUT2D eigenvalue weighted by Gasteiger charge is 2.40. The first-order chi connectivity index (χ1) is 9.03. The van der Waals surface area contributed by atoms with Crippen LogP contribution in [0.4, 0.5) is 0 Å². The average molecular weight is 256 g/mol. The van der Waals surface area contributed by atoms with Gasteiger partial charge in [0.15, 0.2) is 0 Å². The second-order valence-electron chi connectivity index (χ2n) is 4.70. The van der Waals surface area contributed by atoms with Gasteiger partial charge in [0.25, 0.3) is 0 Å². The van der Waals surface area contributed by atoms with E-state index in [-0.39, 0.29) is 0 Å². The van der Waals surface area contributed by atoms with Crippen molar-refractivity contribution in [2.24, 2.45) is 0 Å². The third kappa shape index (κ3) is 2.66. The first kappa shape index (κ1) is 13.3. The molecule has 98 valence electrons. The van der Waals surface area contributed by atoms with E-state index >= 15 is 0 Å². The van der Waals surface area contributed by atoms with Crippen LogP contribution in [0.5, 0.6) is 0 Å². The van der Waals surface area contributed by atoms with Gasteiger partial charge >= 0.3 is 5.97 Å². The largest absolute Gasteiger partial charge is 0.481 e. The topological polar surface area (TPSA) is 57.5 Å². The summed E-state index contributed by atoms with van der Waals surface area (Å²) >= 11 is 0. The molecule has 0 radical (unpaired) electrons. The van der Waals surface area contributed by atoms with Crippen LogP contribution >= 0.6 is 0 Å². The lowest BCUT2D eigenvalue weighted by atomic mass is 9.78. The molecule has 3 nitrogen and oxygen atoms in total. The standard InChI is InChI=1S/C16H16O3/c1-16(19,13-10-6-3-7-11-13)14(15(17)18)12-8-4-2-5-9-12/h2-11,14,19H,1H3,(H,17,18)/t14-,16+/m1/s1. The fourth-order valence-corrected chi connectivity index (χ4v) is 2.30. The first-order valence-corrected chi connectivity index (χ1v) is 6.09. The number of carbonyl (C=O) groups is 1. The molecule has 0 bridgehead atoms. The van der Waals surface area contributed by atoms with Crippen LogP contribution in [0.25, 0.3) is 0 Å². The van der Waals surface area contributed by atoms with Gasteiger partial charge in [-0.3, -0.25) is 4.79 Å². The predicted molar refractivity (Wildman–Crippen MR) is 72.8 cm³/mol. The molecule has 0 aliphatic rings. The van der Waals surface area contributed by atoms with E-state index in [0.717, 1.165) is 0 Å². The summed E-state index contributed by atoms with van der Waals surface area (Å²) in [5.74, 6) is -2.05. The lowest BCUT2D eigenvalue weighted by Gasteiger charge is -2.30. The molecule has 0 aromatic heterocycles. The third-order valence-electron chi connectivity index (χ3n) is 3.30. The van der Waals surface area contributed by atoms with Crippen molar-refractivity contribution in [3.8, 4) is 0 Å². The molecule has 2 aromatic carbocycles. The summed E-state index contributed by atoms with van der Waals surface area (Å²) in [6.45, 7) is 1.54. The van der Waals surface area contributed by atoms with Crippen molar-refractivity contribution in [2.45, 2.75) is 18.4 Å². The molecule has 0 amide bonds. The zero-order chi connectivity index (χ0) is 13.9. The Morgan fingerprint density at radius 2 is 1.47 bits per heavy atom. The van der Waals surface area contributed by atoms with E-state index in [4.69, 9.17) is 0 Å². The summed E-state index contributed by atoms with van der Waals surface area (Å²) in [6.07, 6.45) is 0. The summed E-state index contributed by atoms with van der Waals surface area (Å²) in [5.41, 5.74) is -0.288. The van der Waals surface area contributed by atoms with Crippen LogP contribution in [0, 0.1) is 0 Å². The highest BCUT2D eigenvalue weighted by Crippen LogP contribution is 2.36. The smallest absolute Gasteiger partial charge is 0.314 e. The van der Waals surface area contributed by atoms with Crippen molar-refractivity contribution in [1.82, 2.24) is 0 Å². The zero-order valence-corrected chi connectivity index (χ0v) is 10.7. The number of rotatable bonds is 4. The molecule has 0 fully saturated rings. The Kier molecular flexibility index (Phi) is 3.67. The Morgan fingerprint density at radius 3 is 1.95 bits per heavy atom. The average Bonchev–Trinajstić information content (AvgIpc) is 2.40. The van der Waals surface area contributed by atoms with Crippen LogP contribution in [-0.4, -0.2) is 16.2 Å². The number of carboxylic acids is 1. The molecule has 19 heavy (non-hydrogen) atoms. The van der Waals surface area contributed by atoms with Gasteiger partial charge in [-0.25, -0.2) is 0 Å². The molecule has 0 aliphatic heterocycles. The normalized spacial score (nSPS) is 15.5. The molecule has 0 spiro atoms. The van der Waals surface area contributed by atoms with Gasteiger partial charge in [0.2, 0.25) is 0 Å². The summed E-state index contributed by atoms with van der Waals surface area (Å²) in [6, 6.07) is 17.7. The monoisotopic (exact) mass is 256 g/mol. The van der Waals surface area contributed by atoms with E-state index in [1.54, 1.807) is 48.5 Å². The molecular formula is C16H16O3. The zero-order valence-electron chi connectivity index (χ0n) is 10.7. The van der Waals surface area contributed by atoms with Crippen LogP contribution in [-0.2, 0) is 10.4 Å². The first-order valence-electron chi connectivity index (χ1n) is 6.09. The Hall–Kier alpha value is -2.13. The number of aliphatic hydroxyl groups is 1. The van der Waals surface area contributed by atoms with E-state index in [0.29, 0.717) is 11.1 Å². The summed E-state index contributed by atoms with van der Waals surface area (Å²) in [5, 5.41) is 20.2. The molecule has 2 aromatic rings. The van der Waals surface area contributed by atoms with Gasteiger partial charge in [-0.2, -0.15) is 0 Å². The molecule has 2 atom stereocenters. The van der Waals surface area contributed by atoms with Crippen molar-refractivity contribution < 1.29 is 15.0 Å². The number of hydrogen-bond acceptors (Lipinski definition) is 2. The SMILES string of the molecule is C[C@](O)(c1ccccc1)[C@@H](C(=O)O)c1ccccc1. The molecule has 2 N–H and O–H groups in total. The van der Waals surface area contributed by atoms with Crippen LogP contribution in [0.1, 0.15) is 24.0 Å². The second-order valence-corrected chi connectivity index (χ2v) is 4.70. The fourth-order valence-electron chi connectivity index (χ4n) is 2.30. The van der Waals surface area contributed by atoms with E-state index in [9.17, 15) is 15.0 Å². The Labute approximate surface area is 112 Å². The summed E-state index contributed by atoms with van der Waals surface area (Å²) in [4.78, 5) is 11.6. The maximum absolute atomic E-state index is 11.6. The van der Waals surface area contributed by atoms with Gasteiger partial charge in [0.1, 0.15) is 11.5 Å². The number of carboxylic acid groups (broad SMARTS) is 1. The fraction of sp³-hybridized carbons (Fsp3) is 0.188. The number of aliphatic carboxylic acids is 1. The van der Waals surface area contributed by atoms with Gasteiger partial charge in [-0.1, -0.05) is 60.7 Å². The highest BCUT2D eigenvalue weighted by atomic mass is 16.4. The highest BCUT2D eigenvalue weighted by molar-refractivity contribution is 5.78. The van der Waals surface area contributed by atoms with Gasteiger partial charge in [0.05, 0.1) is 0 Å². The van der Waals surface area contributed by atoms with Crippen molar-refractivity contribution >= 4 is 5.97 Å². The van der Waals surface area contributed by atoms with E-state index in [1.165, 1.54) is 6.92 Å². The van der Waals surface area contributed by atoms with Gasteiger partial charge in [-0.05, 0) is 18.1 Å². The lowest BCUT2D eigenvalue weighted by molar-refractivity contribution is -0.145. The van der Waals surface area contributed by atoms with Gasteiger partial charge in [0, 0.05) is 0 Å². The van der Waals surface area contributed by atoms with Crippen LogP contribution in [0.15, 0.2) is 60.7 Å². The van der Waals surface area contributed by atoms with Crippen LogP contribution in [0.2, 0.25) is 0 Å². The van der Waals surface area contributed by atoms with Crippen molar-refractivity contribution in [3.63, 3.8) is 0 Å². The summed E-state index contributed by atoms with van der Waals surface area (Å²) in [7, 11) is 0. The van der Waals surface area contributed by atoms with E-state index in [1.807, 2.05) is 12.1 Å². The van der Waals surface area contributed by atoms with E-state index in [2.05, 4.69) is 0 Å². The maximum Gasteiger partial charge on any atom is 0.314 e. The second kappa shape index (κ2) is 5.24. The molecule has 0 aliphatic carbocycles.